The van der Waals surface area contributed by atoms with Crippen LogP contribution in [0.25, 0.3) is 6.08 Å². The summed E-state index contributed by atoms with van der Waals surface area (Å²) in [5, 5.41) is 0. The Balaban J connectivity index is 1.40. The first kappa shape index (κ1) is 19.9. The molecule has 29 heavy (non-hydrogen) atoms. The fourth-order valence-corrected chi connectivity index (χ4v) is 5.52. The van der Waals surface area contributed by atoms with Crippen LogP contribution in [0.5, 0.6) is 0 Å². The minimum Gasteiger partial charge on any atom is -0.337 e. The van der Waals surface area contributed by atoms with Crippen molar-refractivity contribution in [3.8, 4) is 0 Å². The normalized spacial score (nSPS) is 17.6. The Morgan fingerprint density at radius 1 is 0.966 bits per heavy atom. The van der Waals surface area contributed by atoms with Crippen LogP contribution in [0, 0.1) is 6.92 Å². The maximum absolute atomic E-state index is 13.0. The lowest BCUT2D eigenvalue weighted by molar-refractivity contribution is -0.127. The molecule has 6 heteroatoms. The zero-order valence-corrected chi connectivity index (χ0v) is 17.5. The standard InChI is InChI=1S/C23H26N2O3S/c1-18-5-2-3-6-19(18)10-12-23(26)24-13-15-25(16-14-24)29(27,28)22-11-9-20-7-4-8-21(20)17-22/h2-3,5-6,9-12,17H,4,7-8,13-16H2,1H3/b12-10+. The van der Waals surface area contributed by atoms with Gasteiger partial charge in [0.15, 0.2) is 0 Å². The van der Waals surface area contributed by atoms with Crippen LogP contribution in [0.1, 0.15) is 28.7 Å². The van der Waals surface area contributed by atoms with E-state index >= 15 is 0 Å². The van der Waals surface area contributed by atoms with Gasteiger partial charge in [-0.1, -0.05) is 30.3 Å². The lowest BCUT2D eigenvalue weighted by Crippen LogP contribution is -2.50. The van der Waals surface area contributed by atoms with Gasteiger partial charge in [-0.2, -0.15) is 4.31 Å². The molecule has 0 bridgehead atoms. The van der Waals surface area contributed by atoms with Crippen LogP contribution >= 0.6 is 0 Å². The largest absolute Gasteiger partial charge is 0.337 e. The molecule has 0 atom stereocenters. The summed E-state index contributed by atoms with van der Waals surface area (Å²) in [7, 11) is -3.52. The predicted molar refractivity (Wildman–Crippen MR) is 114 cm³/mol. The van der Waals surface area contributed by atoms with Gasteiger partial charge in [0, 0.05) is 32.3 Å². The van der Waals surface area contributed by atoms with Crippen LogP contribution in [-0.2, 0) is 27.7 Å². The van der Waals surface area contributed by atoms with Gasteiger partial charge in [-0.25, -0.2) is 8.42 Å². The van der Waals surface area contributed by atoms with Gasteiger partial charge < -0.3 is 4.90 Å². The van der Waals surface area contributed by atoms with E-state index in [4.69, 9.17) is 0 Å². The number of fused-ring (bicyclic) bond motifs is 1. The lowest BCUT2D eigenvalue weighted by atomic mass is 10.1. The highest BCUT2D eigenvalue weighted by atomic mass is 32.2. The molecule has 2 aliphatic rings. The van der Waals surface area contributed by atoms with E-state index in [1.54, 1.807) is 17.0 Å². The van der Waals surface area contributed by atoms with Gasteiger partial charge >= 0.3 is 0 Å². The minimum atomic E-state index is -3.52. The molecular weight excluding hydrogens is 384 g/mol. The number of piperazine rings is 1. The van der Waals surface area contributed by atoms with Crippen LogP contribution in [0.3, 0.4) is 0 Å². The van der Waals surface area contributed by atoms with Crippen molar-refractivity contribution in [2.75, 3.05) is 26.2 Å². The van der Waals surface area contributed by atoms with E-state index in [0.717, 1.165) is 36.0 Å². The Morgan fingerprint density at radius 3 is 2.45 bits per heavy atom. The molecule has 0 saturated carbocycles. The number of hydrogen-bond donors (Lipinski definition) is 0. The number of aryl methyl sites for hydroxylation is 3. The average Bonchev–Trinajstić information content (AvgIpc) is 3.21. The van der Waals surface area contributed by atoms with Crippen LogP contribution in [0.4, 0.5) is 0 Å². The van der Waals surface area contributed by atoms with Crippen molar-refractivity contribution in [1.29, 1.82) is 0 Å². The van der Waals surface area contributed by atoms with E-state index < -0.39 is 10.0 Å². The molecule has 0 radical (unpaired) electrons. The van der Waals surface area contributed by atoms with Crippen molar-refractivity contribution < 1.29 is 13.2 Å². The van der Waals surface area contributed by atoms with E-state index in [1.165, 1.54) is 9.87 Å². The van der Waals surface area contributed by atoms with E-state index in [-0.39, 0.29) is 5.91 Å². The first-order valence-corrected chi connectivity index (χ1v) is 11.5. The van der Waals surface area contributed by atoms with Crippen LogP contribution in [0.15, 0.2) is 53.4 Å². The Kier molecular flexibility index (Phi) is 5.56. The highest BCUT2D eigenvalue weighted by Crippen LogP contribution is 2.26. The first-order valence-electron chi connectivity index (χ1n) is 10.1. The molecule has 1 fully saturated rings. The van der Waals surface area contributed by atoms with Crippen molar-refractivity contribution in [2.45, 2.75) is 31.1 Å². The second-order valence-electron chi connectivity index (χ2n) is 7.70. The zero-order valence-electron chi connectivity index (χ0n) is 16.7. The molecule has 1 aliphatic heterocycles. The topological polar surface area (TPSA) is 57.7 Å². The summed E-state index contributed by atoms with van der Waals surface area (Å²) in [5.74, 6) is -0.0807. The fraction of sp³-hybridized carbons (Fsp3) is 0.348. The maximum atomic E-state index is 13.0. The third-order valence-corrected chi connectivity index (χ3v) is 7.75. The molecule has 2 aromatic carbocycles. The summed E-state index contributed by atoms with van der Waals surface area (Å²) < 4.78 is 27.5. The van der Waals surface area contributed by atoms with Crippen LogP contribution < -0.4 is 0 Å². The summed E-state index contributed by atoms with van der Waals surface area (Å²) in [4.78, 5) is 14.6. The van der Waals surface area contributed by atoms with Gasteiger partial charge in [0.05, 0.1) is 4.90 Å². The van der Waals surface area contributed by atoms with Gasteiger partial charge in [0.2, 0.25) is 15.9 Å². The minimum absolute atomic E-state index is 0.0807. The number of rotatable bonds is 4. The van der Waals surface area contributed by atoms with Crippen LogP contribution in [0.2, 0.25) is 0 Å². The van der Waals surface area contributed by atoms with Crippen molar-refractivity contribution in [3.05, 3.63) is 70.8 Å². The molecule has 4 rings (SSSR count). The summed E-state index contributed by atoms with van der Waals surface area (Å²) >= 11 is 0. The molecule has 0 aromatic heterocycles. The number of carbonyl (C=O) groups is 1. The van der Waals surface area contributed by atoms with Gasteiger partial charge in [-0.05, 0) is 66.6 Å². The van der Waals surface area contributed by atoms with E-state index in [9.17, 15) is 13.2 Å². The number of benzene rings is 2. The molecule has 1 saturated heterocycles. The number of sulfonamides is 1. The van der Waals surface area contributed by atoms with Crippen molar-refractivity contribution in [3.63, 3.8) is 0 Å². The second-order valence-corrected chi connectivity index (χ2v) is 9.64. The third kappa shape index (κ3) is 4.14. The first-order chi connectivity index (χ1) is 13.9. The van der Waals surface area contributed by atoms with Gasteiger partial charge in [0.25, 0.3) is 0 Å². The number of amides is 1. The van der Waals surface area contributed by atoms with Crippen molar-refractivity contribution in [1.82, 2.24) is 9.21 Å². The SMILES string of the molecule is Cc1ccccc1/C=C/C(=O)N1CCN(S(=O)(=O)c2ccc3c(c2)CCC3)CC1. The summed E-state index contributed by atoms with van der Waals surface area (Å²) in [6.07, 6.45) is 6.48. The fourth-order valence-electron chi connectivity index (χ4n) is 4.05. The molecule has 2 aromatic rings. The predicted octanol–water partition coefficient (Wildman–Crippen LogP) is 3.03. The monoisotopic (exact) mass is 410 g/mol. The summed E-state index contributed by atoms with van der Waals surface area (Å²) in [5.41, 5.74) is 4.54. The maximum Gasteiger partial charge on any atom is 0.246 e. The quantitative estimate of drug-likeness (QED) is 0.728. The average molecular weight is 411 g/mol. The molecule has 0 unspecified atom stereocenters. The lowest BCUT2D eigenvalue weighted by Gasteiger charge is -2.33. The second kappa shape index (κ2) is 8.13. The van der Waals surface area contributed by atoms with E-state index in [2.05, 4.69) is 0 Å². The molecule has 5 nitrogen and oxygen atoms in total. The molecule has 0 N–H and O–H groups in total. The molecule has 152 valence electrons. The molecule has 0 spiro atoms. The Morgan fingerprint density at radius 2 is 1.69 bits per heavy atom. The zero-order chi connectivity index (χ0) is 20.4. The van der Waals surface area contributed by atoms with Gasteiger partial charge in [-0.3, -0.25) is 4.79 Å². The summed E-state index contributed by atoms with van der Waals surface area (Å²) in [6, 6.07) is 13.4. The highest BCUT2D eigenvalue weighted by Gasteiger charge is 2.30. The van der Waals surface area contributed by atoms with E-state index in [1.807, 2.05) is 49.4 Å². The third-order valence-electron chi connectivity index (χ3n) is 5.85. The molecule has 1 aliphatic carbocycles. The number of hydrogen-bond acceptors (Lipinski definition) is 3. The number of nitrogens with zero attached hydrogens (tertiary/aromatic N) is 2. The van der Waals surface area contributed by atoms with Gasteiger partial charge in [0.1, 0.15) is 0 Å². The van der Waals surface area contributed by atoms with Gasteiger partial charge in [-0.15, -0.1) is 0 Å². The van der Waals surface area contributed by atoms with Crippen molar-refractivity contribution in [2.24, 2.45) is 0 Å². The Labute approximate surface area is 172 Å². The summed E-state index contributed by atoms with van der Waals surface area (Å²) in [6.45, 7) is 3.46. The van der Waals surface area contributed by atoms with E-state index in [0.29, 0.717) is 31.1 Å². The smallest absolute Gasteiger partial charge is 0.246 e. The Hall–Kier alpha value is -2.44. The van der Waals surface area contributed by atoms with Crippen molar-refractivity contribution >= 4 is 22.0 Å². The van der Waals surface area contributed by atoms with Crippen LogP contribution in [-0.4, -0.2) is 49.7 Å². The Bertz CT molecular complexity index is 1050. The molecule has 1 amide bonds. The number of carbonyl (C=O) groups excluding carboxylic acids is 1. The molecule has 1 heterocycles. The highest BCUT2D eigenvalue weighted by molar-refractivity contribution is 7.89. The molecular formula is C23H26N2O3S.